The van der Waals surface area contributed by atoms with Crippen LogP contribution in [0.15, 0.2) is 47.0 Å². The Labute approximate surface area is 168 Å². The van der Waals surface area contributed by atoms with Gasteiger partial charge in [0.1, 0.15) is 5.82 Å². The number of oxazole rings is 1. The predicted octanol–water partition coefficient (Wildman–Crippen LogP) is 5.83. The lowest BCUT2D eigenvalue weighted by Crippen LogP contribution is -2.15. The lowest BCUT2D eigenvalue weighted by atomic mass is 10.0. The van der Waals surface area contributed by atoms with Crippen molar-refractivity contribution in [1.82, 2.24) is 4.98 Å². The predicted molar refractivity (Wildman–Crippen MR) is 109 cm³/mol. The Bertz CT molecular complexity index is 967. The van der Waals surface area contributed by atoms with Gasteiger partial charge in [-0.05, 0) is 54.3 Å². The van der Waals surface area contributed by atoms with Crippen molar-refractivity contribution >= 4 is 23.2 Å². The van der Waals surface area contributed by atoms with Gasteiger partial charge in [0, 0.05) is 29.1 Å². The van der Waals surface area contributed by atoms with Crippen LogP contribution in [0.5, 0.6) is 0 Å². The summed E-state index contributed by atoms with van der Waals surface area (Å²) in [6.07, 6.45) is 3.74. The van der Waals surface area contributed by atoms with Crippen LogP contribution in [0.1, 0.15) is 37.3 Å². The summed E-state index contributed by atoms with van der Waals surface area (Å²) in [5, 5.41) is 3.66. The molecule has 0 bridgehead atoms. The van der Waals surface area contributed by atoms with E-state index in [9.17, 15) is 9.18 Å². The standard InChI is InChI=1S/C22H22ClFN2O2/c1-3-14-7-10-18(23)17(4-2)22(14)26-20(27)11-12-21-25-13-19(28-21)15-5-8-16(24)9-6-15/h5-10,13H,3-4,11-12H2,1-2H3,(H,26,27). The third-order valence-electron chi connectivity index (χ3n) is 4.59. The summed E-state index contributed by atoms with van der Waals surface area (Å²) in [6.45, 7) is 4.06. The van der Waals surface area contributed by atoms with E-state index in [4.69, 9.17) is 16.0 Å². The molecule has 146 valence electrons. The summed E-state index contributed by atoms with van der Waals surface area (Å²) in [6, 6.07) is 9.81. The van der Waals surface area contributed by atoms with Gasteiger partial charge in [0.15, 0.2) is 11.7 Å². The Kier molecular flexibility index (Phi) is 6.47. The number of nitrogens with one attached hydrogen (secondary N) is 1. The van der Waals surface area contributed by atoms with Crippen molar-refractivity contribution in [2.45, 2.75) is 39.5 Å². The molecule has 1 heterocycles. The van der Waals surface area contributed by atoms with E-state index in [1.54, 1.807) is 18.3 Å². The summed E-state index contributed by atoms with van der Waals surface area (Å²) in [5.74, 6) is 0.589. The van der Waals surface area contributed by atoms with Crippen molar-refractivity contribution < 1.29 is 13.6 Å². The van der Waals surface area contributed by atoms with Gasteiger partial charge in [0.2, 0.25) is 5.91 Å². The van der Waals surface area contributed by atoms with Crippen LogP contribution in [-0.4, -0.2) is 10.9 Å². The molecule has 1 N–H and O–H groups in total. The fraction of sp³-hybridized carbons (Fsp3) is 0.273. The molecule has 1 amide bonds. The van der Waals surface area contributed by atoms with Crippen LogP contribution >= 0.6 is 11.6 Å². The Balaban J connectivity index is 1.66. The number of hydrogen-bond acceptors (Lipinski definition) is 3. The first-order valence-corrected chi connectivity index (χ1v) is 9.70. The van der Waals surface area contributed by atoms with Crippen molar-refractivity contribution in [3.05, 3.63) is 70.5 Å². The zero-order valence-corrected chi connectivity index (χ0v) is 16.6. The minimum Gasteiger partial charge on any atom is -0.441 e. The number of anilines is 1. The first-order chi connectivity index (χ1) is 13.5. The third kappa shape index (κ3) is 4.60. The van der Waals surface area contributed by atoms with Gasteiger partial charge in [-0.25, -0.2) is 9.37 Å². The second-order valence-electron chi connectivity index (χ2n) is 6.44. The quantitative estimate of drug-likeness (QED) is 0.542. The summed E-state index contributed by atoms with van der Waals surface area (Å²) >= 11 is 6.29. The van der Waals surface area contributed by atoms with Gasteiger partial charge in [-0.3, -0.25) is 4.79 Å². The highest BCUT2D eigenvalue weighted by Gasteiger charge is 2.14. The lowest BCUT2D eigenvalue weighted by Gasteiger charge is -2.15. The third-order valence-corrected chi connectivity index (χ3v) is 4.94. The molecule has 0 atom stereocenters. The molecular formula is C22H22ClFN2O2. The molecule has 2 aromatic carbocycles. The molecule has 0 aliphatic heterocycles. The van der Waals surface area contributed by atoms with Crippen molar-refractivity contribution in [3.63, 3.8) is 0 Å². The second-order valence-corrected chi connectivity index (χ2v) is 6.85. The summed E-state index contributed by atoms with van der Waals surface area (Å²) in [5.41, 5.74) is 3.55. The SMILES string of the molecule is CCc1ccc(Cl)c(CC)c1NC(=O)CCc1ncc(-c2ccc(F)cc2)o1. The van der Waals surface area contributed by atoms with Crippen LogP contribution in [0.2, 0.25) is 5.02 Å². The maximum Gasteiger partial charge on any atom is 0.224 e. The zero-order chi connectivity index (χ0) is 20.1. The Morgan fingerprint density at radius 1 is 1.14 bits per heavy atom. The highest BCUT2D eigenvalue weighted by Crippen LogP contribution is 2.29. The van der Waals surface area contributed by atoms with Gasteiger partial charge in [-0.1, -0.05) is 31.5 Å². The number of carbonyl (C=O) groups excluding carboxylic acids is 1. The van der Waals surface area contributed by atoms with Crippen LogP contribution in [0.4, 0.5) is 10.1 Å². The summed E-state index contributed by atoms with van der Waals surface area (Å²) < 4.78 is 18.7. The van der Waals surface area contributed by atoms with Crippen molar-refractivity contribution in [2.24, 2.45) is 0 Å². The molecule has 0 aliphatic carbocycles. The number of amides is 1. The minimum atomic E-state index is -0.306. The van der Waals surface area contributed by atoms with Gasteiger partial charge >= 0.3 is 0 Å². The first kappa shape index (κ1) is 20.1. The maximum absolute atomic E-state index is 13.0. The van der Waals surface area contributed by atoms with Crippen LogP contribution < -0.4 is 5.32 Å². The highest BCUT2D eigenvalue weighted by atomic mass is 35.5. The van der Waals surface area contributed by atoms with Gasteiger partial charge in [0.05, 0.1) is 6.20 Å². The van der Waals surface area contributed by atoms with E-state index in [0.29, 0.717) is 23.1 Å². The van der Waals surface area contributed by atoms with E-state index in [-0.39, 0.29) is 18.1 Å². The molecule has 3 aromatic rings. The van der Waals surface area contributed by atoms with Crippen LogP contribution in [0.3, 0.4) is 0 Å². The van der Waals surface area contributed by atoms with Crippen molar-refractivity contribution in [3.8, 4) is 11.3 Å². The molecule has 0 unspecified atom stereocenters. The Morgan fingerprint density at radius 2 is 1.89 bits per heavy atom. The number of halogens is 2. The van der Waals surface area contributed by atoms with E-state index in [1.165, 1.54) is 12.1 Å². The van der Waals surface area contributed by atoms with E-state index in [2.05, 4.69) is 10.3 Å². The molecule has 0 radical (unpaired) electrons. The largest absolute Gasteiger partial charge is 0.441 e. The van der Waals surface area contributed by atoms with E-state index in [1.807, 2.05) is 26.0 Å². The van der Waals surface area contributed by atoms with Crippen LogP contribution in [0, 0.1) is 5.82 Å². The van der Waals surface area contributed by atoms with Gasteiger partial charge in [0.25, 0.3) is 0 Å². The zero-order valence-electron chi connectivity index (χ0n) is 15.9. The normalized spacial score (nSPS) is 10.9. The van der Waals surface area contributed by atoms with Crippen molar-refractivity contribution in [1.29, 1.82) is 0 Å². The fourth-order valence-electron chi connectivity index (χ4n) is 3.06. The number of aryl methyl sites for hydroxylation is 2. The highest BCUT2D eigenvalue weighted by molar-refractivity contribution is 6.32. The van der Waals surface area contributed by atoms with E-state index >= 15 is 0 Å². The molecule has 3 rings (SSSR count). The number of nitrogens with zero attached hydrogens (tertiary/aromatic N) is 1. The molecule has 1 aromatic heterocycles. The minimum absolute atomic E-state index is 0.117. The number of benzene rings is 2. The second kappa shape index (κ2) is 9.02. The molecule has 0 saturated carbocycles. The van der Waals surface area contributed by atoms with Gasteiger partial charge in [-0.2, -0.15) is 0 Å². The maximum atomic E-state index is 13.0. The Hall–Kier alpha value is -2.66. The van der Waals surface area contributed by atoms with E-state index in [0.717, 1.165) is 35.2 Å². The number of hydrogen-bond donors (Lipinski definition) is 1. The van der Waals surface area contributed by atoms with Gasteiger partial charge < -0.3 is 9.73 Å². The first-order valence-electron chi connectivity index (χ1n) is 9.32. The molecular weight excluding hydrogens is 379 g/mol. The van der Waals surface area contributed by atoms with Crippen molar-refractivity contribution in [2.75, 3.05) is 5.32 Å². The Morgan fingerprint density at radius 3 is 2.57 bits per heavy atom. The lowest BCUT2D eigenvalue weighted by molar-refractivity contribution is -0.116. The van der Waals surface area contributed by atoms with Crippen LogP contribution in [-0.2, 0) is 24.1 Å². The average molecular weight is 401 g/mol. The monoisotopic (exact) mass is 400 g/mol. The topological polar surface area (TPSA) is 55.1 Å². The molecule has 6 heteroatoms. The smallest absolute Gasteiger partial charge is 0.224 e. The molecule has 0 spiro atoms. The molecule has 4 nitrogen and oxygen atoms in total. The summed E-state index contributed by atoms with van der Waals surface area (Å²) in [7, 11) is 0. The van der Waals surface area contributed by atoms with E-state index < -0.39 is 0 Å². The van der Waals surface area contributed by atoms with Gasteiger partial charge in [-0.15, -0.1) is 0 Å². The van der Waals surface area contributed by atoms with Crippen LogP contribution in [0.25, 0.3) is 11.3 Å². The molecule has 0 aliphatic rings. The fourth-order valence-corrected chi connectivity index (χ4v) is 3.35. The number of carbonyl (C=O) groups is 1. The molecule has 0 saturated heterocycles. The number of aromatic nitrogens is 1. The average Bonchev–Trinajstić information content (AvgIpc) is 3.16. The summed E-state index contributed by atoms with van der Waals surface area (Å²) in [4.78, 5) is 16.7. The molecule has 0 fully saturated rings. The molecule has 28 heavy (non-hydrogen) atoms. The number of rotatable bonds is 7.